The number of rotatable bonds is 3. The Bertz CT molecular complexity index is 385. The van der Waals surface area contributed by atoms with Gasteiger partial charge in [-0.1, -0.05) is 0 Å². The lowest BCUT2D eigenvalue weighted by Crippen LogP contribution is -2.51. The van der Waals surface area contributed by atoms with Crippen LogP contribution in [0.5, 0.6) is 0 Å². The van der Waals surface area contributed by atoms with E-state index in [2.05, 4.69) is 10.3 Å². The molecule has 0 radical (unpaired) electrons. The molecule has 1 saturated heterocycles. The van der Waals surface area contributed by atoms with Gasteiger partial charge in [-0.3, -0.25) is 9.78 Å². The van der Waals surface area contributed by atoms with Gasteiger partial charge in [0.25, 0.3) is 0 Å². The third-order valence-corrected chi connectivity index (χ3v) is 3.36. The first-order chi connectivity index (χ1) is 8.12. The molecule has 0 aliphatic carbocycles. The summed E-state index contributed by atoms with van der Waals surface area (Å²) in [5, 5.41) is 3.30. The fourth-order valence-electron chi connectivity index (χ4n) is 2.33. The van der Waals surface area contributed by atoms with Crippen LogP contribution in [0.4, 0.5) is 0 Å². The monoisotopic (exact) mass is 233 g/mol. The molecule has 0 spiro atoms. The first-order valence-corrected chi connectivity index (χ1v) is 6.01. The predicted octanol–water partition coefficient (Wildman–Crippen LogP) is 1.18. The maximum absolute atomic E-state index is 12.3. The maximum atomic E-state index is 12.3. The standard InChI is InChI=1S/C13H19N3O/c1-13(6-3-7-15-13)12(17)16(2)10-11-4-8-14-9-5-11/h4-5,8-9,15H,3,6-7,10H2,1-2H3. The fourth-order valence-corrected chi connectivity index (χ4v) is 2.33. The molecule has 0 saturated carbocycles. The van der Waals surface area contributed by atoms with Crippen LogP contribution in [-0.4, -0.2) is 34.9 Å². The van der Waals surface area contributed by atoms with E-state index in [9.17, 15) is 4.79 Å². The van der Waals surface area contributed by atoms with E-state index in [1.807, 2.05) is 26.1 Å². The highest BCUT2D eigenvalue weighted by Gasteiger charge is 2.37. The second kappa shape index (κ2) is 4.84. The summed E-state index contributed by atoms with van der Waals surface area (Å²) in [6.45, 7) is 3.56. The van der Waals surface area contributed by atoms with Crippen molar-refractivity contribution in [1.82, 2.24) is 15.2 Å². The molecule has 1 atom stereocenters. The molecule has 1 aliphatic heterocycles. The largest absolute Gasteiger partial charge is 0.340 e. The first kappa shape index (κ1) is 12.0. The fraction of sp³-hybridized carbons (Fsp3) is 0.538. The van der Waals surface area contributed by atoms with Gasteiger partial charge in [0.1, 0.15) is 0 Å². The van der Waals surface area contributed by atoms with E-state index < -0.39 is 0 Å². The van der Waals surface area contributed by atoms with Crippen LogP contribution in [0.15, 0.2) is 24.5 Å². The predicted molar refractivity (Wildman–Crippen MR) is 66.4 cm³/mol. The SMILES string of the molecule is CN(Cc1ccncc1)C(=O)C1(C)CCCN1. The second-order valence-corrected chi connectivity index (χ2v) is 4.88. The van der Waals surface area contributed by atoms with Crippen molar-refractivity contribution in [2.75, 3.05) is 13.6 Å². The summed E-state index contributed by atoms with van der Waals surface area (Å²) < 4.78 is 0. The Morgan fingerprint density at radius 3 is 2.82 bits per heavy atom. The number of pyridine rings is 1. The number of carbonyl (C=O) groups is 1. The van der Waals surface area contributed by atoms with E-state index >= 15 is 0 Å². The lowest BCUT2D eigenvalue weighted by molar-refractivity contribution is -0.136. The average molecular weight is 233 g/mol. The van der Waals surface area contributed by atoms with Crippen LogP contribution in [0.2, 0.25) is 0 Å². The molecule has 0 aromatic carbocycles. The molecule has 1 aliphatic rings. The number of nitrogens with zero attached hydrogens (tertiary/aromatic N) is 2. The quantitative estimate of drug-likeness (QED) is 0.852. The highest BCUT2D eigenvalue weighted by Crippen LogP contribution is 2.21. The van der Waals surface area contributed by atoms with Crippen LogP contribution in [0.1, 0.15) is 25.3 Å². The smallest absolute Gasteiger partial charge is 0.242 e. The molecule has 1 fully saturated rings. The number of amides is 1. The Labute approximate surface area is 102 Å². The molecule has 1 unspecified atom stereocenters. The molecular weight excluding hydrogens is 214 g/mol. The third kappa shape index (κ3) is 2.64. The Balaban J connectivity index is 2.00. The minimum atomic E-state index is -0.373. The Kier molecular flexibility index (Phi) is 3.43. The van der Waals surface area contributed by atoms with Crippen LogP contribution < -0.4 is 5.32 Å². The van der Waals surface area contributed by atoms with E-state index in [0.29, 0.717) is 6.54 Å². The average Bonchev–Trinajstić information content (AvgIpc) is 2.78. The summed E-state index contributed by atoms with van der Waals surface area (Å²) in [7, 11) is 1.86. The first-order valence-electron chi connectivity index (χ1n) is 6.01. The van der Waals surface area contributed by atoms with Crippen LogP contribution in [-0.2, 0) is 11.3 Å². The van der Waals surface area contributed by atoms with Crippen molar-refractivity contribution >= 4 is 5.91 Å². The van der Waals surface area contributed by atoms with Crippen molar-refractivity contribution in [2.24, 2.45) is 0 Å². The van der Waals surface area contributed by atoms with Gasteiger partial charge in [-0.15, -0.1) is 0 Å². The number of carbonyl (C=O) groups excluding carboxylic acids is 1. The molecule has 1 aromatic rings. The van der Waals surface area contributed by atoms with E-state index in [4.69, 9.17) is 0 Å². The molecule has 92 valence electrons. The number of likely N-dealkylation sites (N-methyl/N-ethyl adjacent to an activating group) is 1. The summed E-state index contributed by atoms with van der Waals surface area (Å²) >= 11 is 0. The van der Waals surface area contributed by atoms with Gasteiger partial charge in [-0.05, 0) is 44.0 Å². The highest BCUT2D eigenvalue weighted by molar-refractivity contribution is 5.86. The van der Waals surface area contributed by atoms with Crippen molar-refractivity contribution in [3.63, 3.8) is 0 Å². The van der Waals surface area contributed by atoms with E-state index in [1.54, 1.807) is 17.3 Å². The van der Waals surface area contributed by atoms with Crippen LogP contribution in [0.25, 0.3) is 0 Å². The summed E-state index contributed by atoms with van der Waals surface area (Å²) in [5.41, 5.74) is 0.736. The van der Waals surface area contributed by atoms with Crippen LogP contribution in [0, 0.1) is 0 Å². The van der Waals surface area contributed by atoms with Crippen molar-refractivity contribution in [2.45, 2.75) is 31.8 Å². The van der Waals surface area contributed by atoms with Gasteiger partial charge >= 0.3 is 0 Å². The lowest BCUT2D eigenvalue weighted by Gasteiger charge is -2.29. The summed E-state index contributed by atoms with van der Waals surface area (Å²) in [5.74, 6) is 0.173. The second-order valence-electron chi connectivity index (χ2n) is 4.88. The molecule has 2 rings (SSSR count). The van der Waals surface area contributed by atoms with Gasteiger partial charge in [-0.2, -0.15) is 0 Å². The molecule has 1 amide bonds. The van der Waals surface area contributed by atoms with Crippen molar-refractivity contribution in [3.8, 4) is 0 Å². The van der Waals surface area contributed by atoms with E-state index in [-0.39, 0.29) is 11.4 Å². The molecule has 0 bridgehead atoms. The van der Waals surface area contributed by atoms with E-state index in [0.717, 1.165) is 24.9 Å². The maximum Gasteiger partial charge on any atom is 0.242 e. The number of hydrogen-bond acceptors (Lipinski definition) is 3. The third-order valence-electron chi connectivity index (χ3n) is 3.36. The van der Waals surface area contributed by atoms with Crippen molar-refractivity contribution in [1.29, 1.82) is 0 Å². The van der Waals surface area contributed by atoms with Gasteiger partial charge in [-0.25, -0.2) is 0 Å². The molecule has 2 heterocycles. The van der Waals surface area contributed by atoms with E-state index in [1.165, 1.54) is 0 Å². The number of nitrogens with one attached hydrogen (secondary N) is 1. The van der Waals surface area contributed by atoms with Gasteiger partial charge in [0, 0.05) is 26.0 Å². The van der Waals surface area contributed by atoms with Gasteiger partial charge in [0.2, 0.25) is 5.91 Å². The van der Waals surface area contributed by atoms with Gasteiger partial charge in [0.05, 0.1) is 5.54 Å². The van der Waals surface area contributed by atoms with Gasteiger partial charge in [0.15, 0.2) is 0 Å². The Morgan fingerprint density at radius 1 is 1.53 bits per heavy atom. The van der Waals surface area contributed by atoms with Gasteiger partial charge < -0.3 is 10.2 Å². The number of hydrogen-bond donors (Lipinski definition) is 1. The summed E-state index contributed by atoms with van der Waals surface area (Å²) in [6.07, 6.45) is 5.50. The summed E-state index contributed by atoms with van der Waals surface area (Å²) in [4.78, 5) is 18.1. The normalized spacial score (nSPS) is 23.6. The molecule has 1 N–H and O–H groups in total. The van der Waals surface area contributed by atoms with Crippen LogP contribution >= 0.6 is 0 Å². The van der Waals surface area contributed by atoms with Crippen LogP contribution in [0.3, 0.4) is 0 Å². The lowest BCUT2D eigenvalue weighted by atomic mass is 9.98. The molecular formula is C13H19N3O. The molecule has 4 nitrogen and oxygen atoms in total. The Hall–Kier alpha value is -1.42. The van der Waals surface area contributed by atoms with Crippen molar-refractivity contribution < 1.29 is 4.79 Å². The zero-order chi connectivity index (χ0) is 12.3. The number of aromatic nitrogens is 1. The minimum Gasteiger partial charge on any atom is -0.340 e. The minimum absolute atomic E-state index is 0.173. The van der Waals surface area contributed by atoms with Crippen molar-refractivity contribution in [3.05, 3.63) is 30.1 Å². The molecule has 1 aromatic heterocycles. The topological polar surface area (TPSA) is 45.2 Å². The molecule has 4 heteroatoms. The summed E-state index contributed by atoms with van der Waals surface area (Å²) in [6, 6.07) is 3.88. The highest BCUT2D eigenvalue weighted by atomic mass is 16.2. The Morgan fingerprint density at radius 2 is 2.24 bits per heavy atom. The zero-order valence-electron chi connectivity index (χ0n) is 10.4. The zero-order valence-corrected chi connectivity index (χ0v) is 10.4. The molecule has 17 heavy (non-hydrogen) atoms.